The van der Waals surface area contributed by atoms with Crippen LogP contribution >= 0.6 is 11.6 Å². The van der Waals surface area contributed by atoms with E-state index in [1.54, 1.807) is 0 Å². The highest BCUT2D eigenvalue weighted by atomic mass is 35.5. The third-order valence-corrected chi connectivity index (χ3v) is 2.85. The Morgan fingerprint density at radius 1 is 1.29 bits per heavy atom. The van der Waals surface area contributed by atoms with Crippen LogP contribution in [0.5, 0.6) is 0 Å². The monoisotopic (exact) mass is 253 g/mol. The number of aryl methyl sites for hydroxylation is 1. The summed E-state index contributed by atoms with van der Waals surface area (Å²) in [4.78, 5) is 11.6. The van der Waals surface area contributed by atoms with Gasteiger partial charge >= 0.3 is 0 Å². The van der Waals surface area contributed by atoms with Crippen LogP contribution in [0.4, 0.5) is 0 Å². The van der Waals surface area contributed by atoms with Gasteiger partial charge in [0.25, 0.3) is 0 Å². The number of hydrogen-bond acceptors (Lipinski definition) is 1. The Morgan fingerprint density at radius 3 is 2.82 bits per heavy atom. The smallest absolute Gasteiger partial charge is 0.224 e. The molecule has 94 valence electrons. The van der Waals surface area contributed by atoms with Crippen LogP contribution in [0.3, 0.4) is 0 Å². The molecule has 0 aromatic heterocycles. The predicted octanol–water partition coefficient (Wildman–Crippen LogP) is 3.06. The fourth-order valence-corrected chi connectivity index (χ4v) is 1.88. The van der Waals surface area contributed by atoms with Crippen LogP contribution in [0.1, 0.15) is 30.4 Å². The van der Waals surface area contributed by atoms with E-state index in [4.69, 9.17) is 11.6 Å². The van der Waals surface area contributed by atoms with Gasteiger partial charge in [0.1, 0.15) is 0 Å². The van der Waals surface area contributed by atoms with Crippen LogP contribution in [0.2, 0.25) is 0 Å². The number of halogens is 1. The van der Waals surface area contributed by atoms with Gasteiger partial charge in [-0.2, -0.15) is 0 Å². The number of unbranched alkanes of at least 4 members (excludes halogenated alkanes) is 2. The van der Waals surface area contributed by atoms with E-state index in [0.717, 1.165) is 31.4 Å². The van der Waals surface area contributed by atoms with Gasteiger partial charge in [0.15, 0.2) is 0 Å². The molecule has 1 N–H and O–H groups in total. The van der Waals surface area contributed by atoms with Crippen LogP contribution in [0.25, 0.3) is 0 Å². The zero-order valence-electron chi connectivity index (χ0n) is 10.3. The minimum atomic E-state index is 0.0986. The summed E-state index contributed by atoms with van der Waals surface area (Å²) in [7, 11) is 0. The van der Waals surface area contributed by atoms with Crippen molar-refractivity contribution >= 4 is 17.5 Å². The molecule has 0 radical (unpaired) electrons. The lowest BCUT2D eigenvalue weighted by atomic mass is 10.1. The van der Waals surface area contributed by atoms with Crippen molar-refractivity contribution in [1.82, 2.24) is 5.32 Å². The van der Waals surface area contributed by atoms with Gasteiger partial charge in [0, 0.05) is 12.4 Å². The molecule has 0 aliphatic carbocycles. The number of hydrogen-bond donors (Lipinski definition) is 1. The Kier molecular flexibility index (Phi) is 6.71. The van der Waals surface area contributed by atoms with Crippen molar-refractivity contribution in [3.63, 3.8) is 0 Å². The summed E-state index contributed by atoms with van der Waals surface area (Å²) in [5.74, 6) is 0.804. The highest BCUT2D eigenvalue weighted by Gasteiger charge is 2.02. The molecule has 0 saturated carbocycles. The molecule has 0 heterocycles. The first-order valence-corrected chi connectivity index (χ1v) is 6.64. The van der Waals surface area contributed by atoms with Crippen LogP contribution < -0.4 is 5.32 Å². The number of amides is 1. The Bertz CT molecular complexity index is 352. The van der Waals surface area contributed by atoms with Crippen LogP contribution in [-0.4, -0.2) is 18.3 Å². The molecular formula is C14H20ClNO. The first-order valence-electron chi connectivity index (χ1n) is 6.10. The van der Waals surface area contributed by atoms with Gasteiger partial charge in [-0.3, -0.25) is 4.79 Å². The Morgan fingerprint density at radius 2 is 2.12 bits per heavy atom. The zero-order valence-corrected chi connectivity index (χ0v) is 11.1. The topological polar surface area (TPSA) is 29.1 Å². The molecule has 0 bridgehead atoms. The van der Waals surface area contributed by atoms with Gasteiger partial charge < -0.3 is 5.32 Å². The molecule has 1 aromatic carbocycles. The minimum absolute atomic E-state index is 0.0986. The zero-order chi connectivity index (χ0) is 12.5. The van der Waals surface area contributed by atoms with E-state index >= 15 is 0 Å². The van der Waals surface area contributed by atoms with E-state index in [-0.39, 0.29) is 5.91 Å². The van der Waals surface area contributed by atoms with Crippen molar-refractivity contribution in [2.45, 2.75) is 32.6 Å². The van der Waals surface area contributed by atoms with E-state index in [9.17, 15) is 4.79 Å². The number of benzene rings is 1. The first kappa shape index (κ1) is 14.0. The van der Waals surface area contributed by atoms with Crippen molar-refractivity contribution in [2.75, 3.05) is 12.4 Å². The van der Waals surface area contributed by atoms with E-state index in [2.05, 4.69) is 5.32 Å². The average Bonchev–Trinajstić information content (AvgIpc) is 2.29. The number of rotatable bonds is 7. The predicted molar refractivity (Wildman–Crippen MR) is 72.5 cm³/mol. The van der Waals surface area contributed by atoms with E-state index in [1.165, 1.54) is 5.56 Å². The lowest BCUT2D eigenvalue weighted by Crippen LogP contribution is -2.26. The van der Waals surface area contributed by atoms with Gasteiger partial charge in [-0.1, -0.05) is 36.2 Å². The molecule has 17 heavy (non-hydrogen) atoms. The van der Waals surface area contributed by atoms with Gasteiger partial charge in [-0.15, -0.1) is 11.6 Å². The summed E-state index contributed by atoms with van der Waals surface area (Å²) in [6.07, 6.45) is 3.58. The quantitative estimate of drug-likeness (QED) is 0.587. The van der Waals surface area contributed by atoms with E-state index in [0.29, 0.717) is 12.3 Å². The van der Waals surface area contributed by atoms with E-state index < -0.39 is 0 Å². The van der Waals surface area contributed by atoms with Crippen molar-refractivity contribution in [1.29, 1.82) is 0 Å². The molecule has 1 aromatic rings. The third-order valence-electron chi connectivity index (χ3n) is 2.58. The largest absolute Gasteiger partial charge is 0.356 e. The second kappa shape index (κ2) is 8.13. The Balaban J connectivity index is 2.21. The fraction of sp³-hybridized carbons (Fsp3) is 0.500. The maximum atomic E-state index is 11.6. The van der Waals surface area contributed by atoms with E-state index in [1.807, 2.05) is 31.2 Å². The maximum absolute atomic E-state index is 11.6. The number of carbonyl (C=O) groups is 1. The second-order valence-electron chi connectivity index (χ2n) is 4.27. The Labute approximate surface area is 108 Å². The Hall–Kier alpha value is -1.02. The fourth-order valence-electron chi connectivity index (χ4n) is 1.69. The first-order chi connectivity index (χ1) is 8.22. The maximum Gasteiger partial charge on any atom is 0.224 e. The van der Waals surface area contributed by atoms with Crippen molar-refractivity contribution < 1.29 is 4.79 Å². The molecule has 0 unspecified atom stereocenters. The summed E-state index contributed by atoms with van der Waals surface area (Å²) >= 11 is 5.58. The van der Waals surface area contributed by atoms with Gasteiger partial charge in [-0.05, 0) is 25.3 Å². The molecule has 0 spiro atoms. The summed E-state index contributed by atoms with van der Waals surface area (Å²) in [5, 5.41) is 2.93. The SMILES string of the molecule is Cc1cccc(CC(=O)NCCCCCCl)c1. The molecule has 1 rings (SSSR count). The average molecular weight is 254 g/mol. The van der Waals surface area contributed by atoms with Crippen LogP contribution in [0.15, 0.2) is 24.3 Å². The highest BCUT2D eigenvalue weighted by molar-refractivity contribution is 6.17. The number of carbonyl (C=O) groups excluding carboxylic acids is 1. The molecule has 3 heteroatoms. The van der Waals surface area contributed by atoms with Crippen molar-refractivity contribution in [3.8, 4) is 0 Å². The van der Waals surface area contributed by atoms with Gasteiger partial charge in [0.2, 0.25) is 5.91 Å². The van der Waals surface area contributed by atoms with Gasteiger partial charge in [0.05, 0.1) is 6.42 Å². The summed E-state index contributed by atoms with van der Waals surface area (Å²) in [6, 6.07) is 8.05. The molecule has 0 aliphatic heterocycles. The number of alkyl halides is 1. The lowest BCUT2D eigenvalue weighted by Gasteiger charge is -2.05. The molecule has 2 nitrogen and oxygen atoms in total. The minimum Gasteiger partial charge on any atom is -0.356 e. The van der Waals surface area contributed by atoms with Crippen LogP contribution in [0, 0.1) is 6.92 Å². The highest BCUT2D eigenvalue weighted by Crippen LogP contribution is 2.04. The molecule has 0 saturated heterocycles. The second-order valence-corrected chi connectivity index (χ2v) is 4.64. The summed E-state index contributed by atoms with van der Waals surface area (Å²) < 4.78 is 0. The third kappa shape index (κ3) is 6.32. The summed E-state index contributed by atoms with van der Waals surface area (Å²) in [6.45, 7) is 2.79. The van der Waals surface area contributed by atoms with Crippen molar-refractivity contribution in [3.05, 3.63) is 35.4 Å². The number of nitrogens with one attached hydrogen (secondary N) is 1. The van der Waals surface area contributed by atoms with Crippen molar-refractivity contribution in [2.24, 2.45) is 0 Å². The lowest BCUT2D eigenvalue weighted by molar-refractivity contribution is -0.120. The molecule has 0 aliphatic rings. The molecular weight excluding hydrogens is 234 g/mol. The molecule has 0 atom stereocenters. The van der Waals surface area contributed by atoms with Crippen LogP contribution in [-0.2, 0) is 11.2 Å². The molecule has 1 amide bonds. The standard InChI is InChI=1S/C14H20ClNO/c1-12-6-5-7-13(10-12)11-14(17)16-9-4-2-3-8-15/h5-7,10H,2-4,8-9,11H2,1H3,(H,16,17). The normalized spacial score (nSPS) is 10.2. The van der Waals surface area contributed by atoms with Gasteiger partial charge in [-0.25, -0.2) is 0 Å². The molecule has 0 fully saturated rings. The summed E-state index contributed by atoms with van der Waals surface area (Å²) in [5.41, 5.74) is 2.26.